The molecule has 0 bridgehead atoms. The molecule has 146 valence electrons. The molecule has 0 aliphatic carbocycles. The zero-order valence-electron chi connectivity index (χ0n) is 15.6. The van der Waals surface area contributed by atoms with Gasteiger partial charge in [0.15, 0.2) is 11.5 Å². The van der Waals surface area contributed by atoms with Gasteiger partial charge < -0.3 is 19.5 Å². The molecule has 2 aromatic rings. The van der Waals surface area contributed by atoms with Crippen LogP contribution in [0.25, 0.3) is 0 Å². The molecule has 1 N–H and O–H groups in total. The predicted molar refractivity (Wildman–Crippen MR) is 101 cm³/mol. The maximum atomic E-state index is 12.4. The second-order valence-electron chi connectivity index (χ2n) is 6.96. The first-order valence-corrected chi connectivity index (χ1v) is 9.23. The maximum absolute atomic E-state index is 12.4. The van der Waals surface area contributed by atoms with Crippen molar-refractivity contribution in [2.24, 2.45) is 0 Å². The van der Waals surface area contributed by atoms with Crippen molar-refractivity contribution in [2.45, 2.75) is 32.2 Å². The number of fused-ring (bicyclic) bond motifs is 1. The van der Waals surface area contributed by atoms with Crippen molar-refractivity contribution in [3.8, 4) is 11.5 Å². The van der Waals surface area contributed by atoms with E-state index in [1.165, 1.54) is 0 Å². The Kier molecular flexibility index (Phi) is 5.16. The van der Waals surface area contributed by atoms with Crippen LogP contribution in [0, 0.1) is 0 Å². The van der Waals surface area contributed by atoms with Crippen molar-refractivity contribution in [3.63, 3.8) is 0 Å². The van der Waals surface area contributed by atoms with Crippen LogP contribution in [0.1, 0.15) is 18.1 Å². The van der Waals surface area contributed by atoms with Crippen LogP contribution < -0.4 is 14.8 Å². The minimum Gasteiger partial charge on any atom is -0.459 e. The molecule has 7 nitrogen and oxygen atoms in total. The summed E-state index contributed by atoms with van der Waals surface area (Å²) < 4.78 is 15.9. The fourth-order valence-electron chi connectivity index (χ4n) is 3.09. The lowest BCUT2D eigenvalue weighted by Gasteiger charge is -2.13. The van der Waals surface area contributed by atoms with Crippen molar-refractivity contribution in [3.05, 3.63) is 59.7 Å². The van der Waals surface area contributed by atoms with E-state index < -0.39 is 12.0 Å². The largest absolute Gasteiger partial charge is 0.459 e. The van der Waals surface area contributed by atoms with Gasteiger partial charge in [0.1, 0.15) is 18.7 Å². The average molecular weight is 382 g/mol. The number of hydrogen-bond acceptors (Lipinski definition) is 6. The molecule has 2 aliphatic rings. The minimum atomic E-state index is -0.691. The average Bonchev–Trinajstić information content (AvgIpc) is 3.31. The molecule has 1 saturated heterocycles. The summed E-state index contributed by atoms with van der Waals surface area (Å²) in [4.78, 5) is 26.5. The second kappa shape index (κ2) is 7.90. The van der Waals surface area contributed by atoms with E-state index in [4.69, 9.17) is 14.2 Å². The number of amides is 1. The van der Waals surface area contributed by atoms with Crippen LogP contribution in [-0.4, -0.2) is 42.2 Å². The van der Waals surface area contributed by atoms with Crippen molar-refractivity contribution in [1.82, 2.24) is 10.2 Å². The second-order valence-corrected chi connectivity index (χ2v) is 6.96. The van der Waals surface area contributed by atoms with Gasteiger partial charge in [0.25, 0.3) is 0 Å². The monoisotopic (exact) mass is 382 g/mol. The quantitative estimate of drug-likeness (QED) is 0.582. The van der Waals surface area contributed by atoms with E-state index in [9.17, 15) is 9.59 Å². The van der Waals surface area contributed by atoms with Gasteiger partial charge in [-0.25, -0.2) is 4.79 Å². The summed E-state index contributed by atoms with van der Waals surface area (Å²) in [6.07, 6.45) is 0. The van der Waals surface area contributed by atoms with E-state index >= 15 is 0 Å². The van der Waals surface area contributed by atoms with Gasteiger partial charge in [-0.15, -0.1) is 0 Å². The molecule has 0 saturated carbocycles. The number of carbonyl (C=O) groups excluding carboxylic acids is 2. The van der Waals surface area contributed by atoms with Crippen molar-refractivity contribution in [1.29, 1.82) is 0 Å². The van der Waals surface area contributed by atoms with Crippen molar-refractivity contribution >= 4 is 11.9 Å². The number of ether oxygens (including phenoxy) is 3. The normalized spacial score (nSPS) is 20.3. The third kappa shape index (κ3) is 4.26. The van der Waals surface area contributed by atoms with Gasteiger partial charge in [0.05, 0.1) is 0 Å². The molecule has 7 heteroatoms. The zero-order chi connectivity index (χ0) is 19.5. The summed E-state index contributed by atoms with van der Waals surface area (Å²) in [7, 11) is 0. The Balaban J connectivity index is 1.22. The Morgan fingerprint density at radius 2 is 1.93 bits per heavy atom. The van der Waals surface area contributed by atoms with Crippen LogP contribution in [0.5, 0.6) is 11.5 Å². The summed E-state index contributed by atoms with van der Waals surface area (Å²) in [6, 6.07) is 14.3. The molecule has 1 amide bonds. The molecular weight excluding hydrogens is 360 g/mol. The topological polar surface area (TPSA) is 76.9 Å². The van der Waals surface area contributed by atoms with Gasteiger partial charge in [-0.1, -0.05) is 36.4 Å². The van der Waals surface area contributed by atoms with E-state index in [0.29, 0.717) is 13.1 Å². The van der Waals surface area contributed by atoms with E-state index in [0.717, 1.165) is 22.6 Å². The maximum Gasteiger partial charge on any atom is 0.328 e. The Labute approximate surface area is 163 Å². The summed E-state index contributed by atoms with van der Waals surface area (Å²) in [5.41, 5.74) is 1.96. The lowest BCUT2D eigenvalue weighted by molar-refractivity contribution is -0.148. The predicted octanol–water partition coefficient (Wildman–Crippen LogP) is 1.85. The van der Waals surface area contributed by atoms with Gasteiger partial charge >= 0.3 is 5.97 Å². The SMILES string of the molecule is C[C@H](NC(=O)C1CN1Cc1ccc2c(c1)OCO2)C(=O)OCc1ccccc1. The van der Waals surface area contributed by atoms with E-state index in [-0.39, 0.29) is 25.3 Å². The number of esters is 1. The molecular formula is C21H22N2O5. The molecule has 4 rings (SSSR count). The number of nitrogens with zero attached hydrogens (tertiary/aromatic N) is 1. The molecule has 1 fully saturated rings. The molecule has 28 heavy (non-hydrogen) atoms. The van der Waals surface area contributed by atoms with Crippen LogP contribution in [0.2, 0.25) is 0 Å². The first kappa shape index (κ1) is 18.3. The van der Waals surface area contributed by atoms with Crippen LogP contribution in [0.3, 0.4) is 0 Å². The van der Waals surface area contributed by atoms with Gasteiger partial charge in [0.2, 0.25) is 12.7 Å². The van der Waals surface area contributed by atoms with Crippen LogP contribution in [0.15, 0.2) is 48.5 Å². The van der Waals surface area contributed by atoms with Crippen molar-refractivity contribution in [2.75, 3.05) is 13.3 Å². The highest BCUT2D eigenvalue weighted by Crippen LogP contribution is 2.33. The molecule has 2 unspecified atom stereocenters. The van der Waals surface area contributed by atoms with Gasteiger partial charge in [-0.05, 0) is 30.2 Å². The summed E-state index contributed by atoms with van der Waals surface area (Å²) >= 11 is 0. The highest BCUT2D eigenvalue weighted by Gasteiger charge is 2.41. The Hall–Kier alpha value is -3.06. The molecule has 0 spiro atoms. The summed E-state index contributed by atoms with van der Waals surface area (Å²) in [5.74, 6) is 0.867. The Bertz CT molecular complexity index is 870. The highest BCUT2D eigenvalue weighted by atomic mass is 16.7. The molecule has 0 aromatic heterocycles. The first-order valence-electron chi connectivity index (χ1n) is 9.23. The molecule has 2 aromatic carbocycles. The summed E-state index contributed by atoms with van der Waals surface area (Å²) in [6.45, 7) is 3.37. The third-order valence-corrected chi connectivity index (χ3v) is 4.78. The molecule has 2 heterocycles. The molecule has 2 aliphatic heterocycles. The number of nitrogens with one attached hydrogen (secondary N) is 1. The molecule has 3 atom stereocenters. The van der Waals surface area contributed by atoms with E-state index in [1.807, 2.05) is 53.4 Å². The lowest BCUT2D eigenvalue weighted by Crippen LogP contribution is -2.42. The Morgan fingerprint density at radius 1 is 1.14 bits per heavy atom. The van der Waals surface area contributed by atoms with Gasteiger partial charge in [-0.3, -0.25) is 9.69 Å². The number of carbonyl (C=O) groups is 2. The minimum absolute atomic E-state index is 0.162. The highest BCUT2D eigenvalue weighted by molar-refractivity contribution is 5.89. The standard InChI is InChI=1S/C21H22N2O5/c1-14(21(25)26-12-15-5-3-2-4-6-15)22-20(24)17-11-23(17)10-16-7-8-18-19(9-16)28-13-27-18/h2-9,14,17H,10-13H2,1H3,(H,22,24)/t14-,17?,23?/m0/s1. The number of rotatable bonds is 7. The van der Waals surface area contributed by atoms with Crippen LogP contribution in [-0.2, 0) is 27.5 Å². The molecule has 0 radical (unpaired) electrons. The van der Waals surface area contributed by atoms with Crippen LogP contribution in [0.4, 0.5) is 0 Å². The smallest absolute Gasteiger partial charge is 0.328 e. The summed E-state index contributed by atoms with van der Waals surface area (Å²) in [5, 5.41) is 2.74. The number of benzene rings is 2. The van der Waals surface area contributed by atoms with Crippen molar-refractivity contribution < 1.29 is 23.8 Å². The Morgan fingerprint density at radius 3 is 2.75 bits per heavy atom. The fraction of sp³-hybridized carbons (Fsp3) is 0.333. The number of hydrogen-bond donors (Lipinski definition) is 1. The lowest BCUT2D eigenvalue weighted by atomic mass is 10.2. The first-order chi connectivity index (χ1) is 13.6. The zero-order valence-corrected chi connectivity index (χ0v) is 15.6. The third-order valence-electron chi connectivity index (χ3n) is 4.78. The van der Waals surface area contributed by atoms with E-state index in [1.54, 1.807) is 6.92 Å². The fourth-order valence-corrected chi connectivity index (χ4v) is 3.09. The van der Waals surface area contributed by atoms with E-state index in [2.05, 4.69) is 5.32 Å². The van der Waals surface area contributed by atoms with Crippen LogP contribution >= 0.6 is 0 Å². The van der Waals surface area contributed by atoms with Gasteiger partial charge in [-0.2, -0.15) is 0 Å². The van der Waals surface area contributed by atoms with Gasteiger partial charge in [0, 0.05) is 13.1 Å².